The number of hydrogen-bond donors (Lipinski definition) is 2. The minimum atomic E-state index is -2.86. The molecule has 2 aromatic carbocycles. The maximum atomic E-state index is 12.5. The summed E-state index contributed by atoms with van der Waals surface area (Å²) in [7, 11) is 0. The first-order valence-electron chi connectivity index (χ1n) is 9.38. The van der Waals surface area contributed by atoms with Crippen molar-refractivity contribution in [2.75, 3.05) is 25.1 Å². The summed E-state index contributed by atoms with van der Waals surface area (Å²) in [6.07, 6.45) is 3.30. The number of benzene rings is 2. The van der Waals surface area contributed by atoms with Crippen LogP contribution >= 0.6 is 0 Å². The molecular weight excluding hydrogens is 366 g/mol. The molecule has 0 heterocycles. The van der Waals surface area contributed by atoms with Crippen molar-refractivity contribution in [3.05, 3.63) is 54.1 Å². The van der Waals surface area contributed by atoms with Crippen molar-refractivity contribution in [1.29, 1.82) is 0 Å². The highest BCUT2D eigenvalue weighted by Gasteiger charge is 2.20. The van der Waals surface area contributed by atoms with E-state index in [2.05, 4.69) is 15.4 Å². The topological polar surface area (TPSA) is 59.6 Å². The van der Waals surface area contributed by atoms with Crippen LogP contribution in [0.3, 0.4) is 0 Å². The van der Waals surface area contributed by atoms with E-state index < -0.39 is 6.61 Å². The van der Waals surface area contributed by atoms with Crippen molar-refractivity contribution >= 4 is 17.3 Å². The number of hydrogen-bond acceptors (Lipinski definition) is 4. The van der Waals surface area contributed by atoms with Gasteiger partial charge in [-0.1, -0.05) is 12.1 Å². The van der Waals surface area contributed by atoms with Crippen LogP contribution in [0, 0.1) is 5.92 Å². The molecule has 5 nitrogen and oxygen atoms in total. The zero-order valence-corrected chi connectivity index (χ0v) is 15.5. The molecule has 1 saturated carbocycles. The van der Waals surface area contributed by atoms with E-state index in [-0.39, 0.29) is 11.7 Å². The van der Waals surface area contributed by atoms with E-state index in [9.17, 15) is 13.6 Å². The largest absolute Gasteiger partial charge is 0.435 e. The highest BCUT2D eigenvalue weighted by Crippen LogP contribution is 2.28. The first kappa shape index (κ1) is 20.1. The summed E-state index contributed by atoms with van der Waals surface area (Å²) < 4.78 is 34.4. The Morgan fingerprint density at radius 2 is 1.86 bits per heavy atom. The van der Waals surface area contributed by atoms with E-state index in [1.165, 1.54) is 25.0 Å². The lowest BCUT2D eigenvalue weighted by Gasteiger charge is -2.13. The van der Waals surface area contributed by atoms with Crippen LogP contribution in [0.4, 0.5) is 20.2 Å². The van der Waals surface area contributed by atoms with Gasteiger partial charge in [0.15, 0.2) is 0 Å². The zero-order chi connectivity index (χ0) is 19.8. The molecule has 1 aliphatic carbocycles. The molecule has 1 fully saturated rings. The Morgan fingerprint density at radius 1 is 1.11 bits per heavy atom. The molecule has 1 aliphatic rings. The van der Waals surface area contributed by atoms with Gasteiger partial charge in [0.05, 0.1) is 11.3 Å². The first-order chi connectivity index (χ1) is 13.6. The lowest BCUT2D eigenvalue weighted by atomic mass is 10.1. The number of halogens is 2. The maximum Gasteiger partial charge on any atom is 0.387 e. The van der Waals surface area contributed by atoms with Crippen molar-refractivity contribution < 1.29 is 23.0 Å². The molecule has 0 spiro atoms. The first-order valence-corrected chi connectivity index (χ1v) is 9.38. The third kappa shape index (κ3) is 6.49. The SMILES string of the molecule is O=C(NCCCOCC1CC1)c1ccccc1Nc1ccc(OC(F)F)cc1. The van der Waals surface area contributed by atoms with E-state index in [1.54, 1.807) is 30.3 Å². The van der Waals surface area contributed by atoms with E-state index in [0.29, 0.717) is 30.1 Å². The van der Waals surface area contributed by atoms with Gasteiger partial charge in [0.2, 0.25) is 0 Å². The van der Waals surface area contributed by atoms with Gasteiger partial charge in [0, 0.05) is 25.4 Å². The number of carbonyl (C=O) groups excluding carboxylic acids is 1. The van der Waals surface area contributed by atoms with Gasteiger partial charge in [-0.3, -0.25) is 4.79 Å². The Kier molecular flexibility index (Phi) is 7.19. The number of anilines is 2. The molecule has 2 aromatic rings. The van der Waals surface area contributed by atoms with Crippen LogP contribution in [-0.2, 0) is 4.74 Å². The summed E-state index contributed by atoms with van der Waals surface area (Å²) in [6, 6.07) is 13.2. The third-order valence-electron chi connectivity index (χ3n) is 4.33. The lowest BCUT2D eigenvalue weighted by Crippen LogP contribution is -2.26. The van der Waals surface area contributed by atoms with Gasteiger partial charge in [-0.15, -0.1) is 0 Å². The van der Waals surface area contributed by atoms with E-state index in [4.69, 9.17) is 4.74 Å². The van der Waals surface area contributed by atoms with Gasteiger partial charge in [-0.25, -0.2) is 0 Å². The second-order valence-corrected chi connectivity index (χ2v) is 6.70. The molecule has 1 amide bonds. The molecule has 0 atom stereocenters. The summed E-state index contributed by atoms with van der Waals surface area (Å²) in [4.78, 5) is 12.5. The van der Waals surface area contributed by atoms with Crippen LogP contribution in [0.2, 0.25) is 0 Å². The van der Waals surface area contributed by atoms with E-state index >= 15 is 0 Å². The minimum Gasteiger partial charge on any atom is -0.435 e. The summed E-state index contributed by atoms with van der Waals surface area (Å²) in [6.45, 7) is -0.856. The number of rotatable bonds is 11. The van der Waals surface area contributed by atoms with Gasteiger partial charge in [-0.2, -0.15) is 8.78 Å². The number of carbonyl (C=O) groups is 1. The summed E-state index contributed by atoms with van der Waals surface area (Å²) >= 11 is 0. The molecule has 0 aromatic heterocycles. The fraction of sp³-hybridized carbons (Fsp3) is 0.381. The van der Waals surface area contributed by atoms with Crippen molar-refractivity contribution in [3.8, 4) is 5.75 Å². The average molecular weight is 390 g/mol. The van der Waals surface area contributed by atoms with Crippen LogP contribution in [-0.4, -0.2) is 32.3 Å². The fourth-order valence-corrected chi connectivity index (χ4v) is 2.67. The van der Waals surface area contributed by atoms with Gasteiger partial charge >= 0.3 is 6.61 Å². The molecule has 150 valence electrons. The normalized spacial score (nSPS) is 13.4. The zero-order valence-electron chi connectivity index (χ0n) is 15.5. The molecule has 0 radical (unpaired) electrons. The predicted octanol–water partition coefficient (Wildman–Crippen LogP) is 4.58. The molecule has 28 heavy (non-hydrogen) atoms. The number of nitrogens with one attached hydrogen (secondary N) is 2. The predicted molar refractivity (Wildman–Crippen MR) is 103 cm³/mol. The molecule has 3 rings (SSSR count). The Balaban J connectivity index is 1.50. The van der Waals surface area contributed by atoms with Crippen LogP contribution < -0.4 is 15.4 Å². The number of alkyl halides is 2. The number of para-hydroxylation sites is 1. The summed E-state index contributed by atoms with van der Waals surface area (Å²) in [5.74, 6) is 0.641. The van der Waals surface area contributed by atoms with Gasteiger partial charge in [-0.05, 0) is 61.6 Å². The molecular formula is C21H24F2N2O3. The number of amides is 1. The van der Waals surface area contributed by atoms with Crippen molar-refractivity contribution in [1.82, 2.24) is 5.32 Å². The molecule has 0 aliphatic heterocycles. The Bertz CT molecular complexity index is 765. The van der Waals surface area contributed by atoms with Crippen LogP contribution in [0.25, 0.3) is 0 Å². The van der Waals surface area contributed by atoms with Crippen molar-refractivity contribution in [3.63, 3.8) is 0 Å². The second-order valence-electron chi connectivity index (χ2n) is 6.70. The van der Waals surface area contributed by atoms with Crippen LogP contribution in [0.5, 0.6) is 5.75 Å². The third-order valence-corrected chi connectivity index (χ3v) is 4.33. The molecule has 0 saturated heterocycles. The smallest absolute Gasteiger partial charge is 0.387 e. The van der Waals surface area contributed by atoms with Gasteiger partial charge in [0.1, 0.15) is 5.75 Å². The molecule has 7 heteroatoms. The Morgan fingerprint density at radius 3 is 2.57 bits per heavy atom. The summed E-state index contributed by atoms with van der Waals surface area (Å²) in [5, 5.41) is 6.03. The van der Waals surface area contributed by atoms with Gasteiger partial charge in [0.25, 0.3) is 5.91 Å². The molecule has 2 N–H and O–H groups in total. The standard InChI is InChI=1S/C21H24F2N2O3/c22-21(23)28-17-10-8-16(9-11-17)25-19-5-2-1-4-18(19)20(26)24-12-3-13-27-14-15-6-7-15/h1-2,4-5,8-11,15,21,25H,3,6-7,12-14H2,(H,24,26). The minimum absolute atomic E-state index is 0.0792. The Hall–Kier alpha value is -2.67. The monoisotopic (exact) mass is 390 g/mol. The van der Waals surface area contributed by atoms with Crippen LogP contribution in [0.15, 0.2) is 48.5 Å². The highest BCUT2D eigenvalue weighted by molar-refractivity contribution is 6.00. The second kappa shape index (κ2) is 10.0. The Labute approximate surface area is 163 Å². The quantitative estimate of drug-likeness (QED) is 0.552. The highest BCUT2D eigenvalue weighted by atomic mass is 19.3. The lowest BCUT2D eigenvalue weighted by molar-refractivity contribution is -0.0498. The van der Waals surface area contributed by atoms with Crippen molar-refractivity contribution in [2.24, 2.45) is 5.92 Å². The van der Waals surface area contributed by atoms with Gasteiger partial charge < -0.3 is 20.1 Å². The molecule has 0 bridgehead atoms. The van der Waals surface area contributed by atoms with Crippen LogP contribution in [0.1, 0.15) is 29.6 Å². The van der Waals surface area contributed by atoms with Crippen molar-refractivity contribution in [2.45, 2.75) is 25.9 Å². The fourth-order valence-electron chi connectivity index (χ4n) is 2.67. The average Bonchev–Trinajstić information content (AvgIpc) is 3.50. The maximum absolute atomic E-state index is 12.5. The van der Waals surface area contributed by atoms with E-state index in [0.717, 1.165) is 18.9 Å². The summed E-state index contributed by atoms with van der Waals surface area (Å²) in [5.41, 5.74) is 1.80. The van der Waals surface area contributed by atoms with E-state index in [1.807, 2.05) is 6.07 Å². The number of ether oxygens (including phenoxy) is 2. The molecule has 0 unspecified atom stereocenters.